The molecule has 0 unspecified atom stereocenters. The summed E-state index contributed by atoms with van der Waals surface area (Å²) in [5.41, 5.74) is 4.92. The lowest BCUT2D eigenvalue weighted by Gasteiger charge is -2.34. The predicted octanol–water partition coefficient (Wildman–Crippen LogP) is 3.32. The van der Waals surface area contributed by atoms with Crippen molar-refractivity contribution in [3.8, 4) is 0 Å². The van der Waals surface area contributed by atoms with Crippen molar-refractivity contribution in [3.63, 3.8) is 0 Å². The Morgan fingerprint density at radius 3 is 2.83 bits per heavy atom. The number of rotatable bonds is 3. The smallest absolute Gasteiger partial charge is 0.253 e. The minimum absolute atomic E-state index is 0.135. The average Bonchev–Trinajstić information content (AvgIpc) is 3.25. The normalized spacial score (nSPS) is 16.1. The minimum atomic E-state index is 0.135. The van der Waals surface area contributed by atoms with E-state index in [2.05, 4.69) is 26.7 Å². The highest BCUT2D eigenvalue weighted by Crippen LogP contribution is 2.20. The van der Waals surface area contributed by atoms with Crippen LogP contribution in [0.2, 0.25) is 0 Å². The monoisotopic (exact) mass is 343 g/mol. The van der Waals surface area contributed by atoms with E-state index in [-0.39, 0.29) is 5.91 Å². The number of hydrogen-bond acceptors (Lipinski definition) is 5. The van der Waals surface area contributed by atoms with Crippen LogP contribution in [0.15, 0.2) is 40.5 Å². The Morgan fingerprint density at radius 2 is 2.04 bits per heavy atom. The van der Waals surface area contributed by atoms with Gasteiger partial charge >= 0.3 is 0 Å². The Morgan fingerprint density at radius 1 is 1.17 bits per heavy atom. The van der Waals surface area contributed by atoms with Crippen LogP contribution in [0.3, 0.4) is 0 Å². The molecule has 1 aromatic carbocycles. The van der Waals surface area contributed by atoms with Crippen LogP contribution in [0.1, 0.15) is 15.9 Å². The summed E-state index contributed by atoms with van der Waals surface area (Å²) in [6, 6.07) is 7.97. The van der Waals surface area contributed by atoms with E-state index >= 15 is 0 Å². The highest BCUT2D eigenvalue weighted by atomic mass is 32.1. The first-order valence-electron chi connectivity index (χ1n) is 7.65. The third-order valence-electron chi connectivity index (χ3n) is 4.22. The molecule has 0 atom stereocenters. The van der Waals surface area contributed by atoms with Gasteiger partial charge in [-0.3, -0.25) is 9.69 Å². The molecule has 0 radical (unpaired) electrons. The molecule has 3 heterocycles. The van der Waals surface area contributed by atoms with Gasteiger partial charge in [-0.25, -0.2) is 4.98 Å². The van der Waals surface area contributed by atoms with Crippen molar-refractivity contribution in [3.05, 3.63) is 51.7 Å². The topological polar surface area (TPSA) is 36.4 Å². The number of carbonyl (C=O) groups is 1. The summed E-state index contributed by atoms with van der Waals surface area (Å²) in [5, 5.41) is 4.31. The number of benzene rings is 1. The van der Waals surface area contributed by atoms with Crippen molar-refractivity contribution >= 4 is 38.8 Å². The maximum Gasteiger partial charge on any atom is 0.253 e. The van der Waals surface area contributed by atoms with Gasteiger partial charge in [0.25, 0.3) is 5.91 Å². The molecule has 0 saturated carbocycles. The van der Waals surface area contributed by atoms with Crippen molar-refractivity contribution in [2.75, 3.05) is 26.2 Å². The van der Waals surface area contributed by atoms with E-state index in [4.69, 9.17) is 0 Å². The van der Waals surface area contributed by atoms with Crippen molar-refractivity contribution in [2.24, 2.45) is 0 Å². The van der Waals surface area contributed by atoms with E-state index in [9.17, 15) is 4.79 Å². The van der Waals surface area contributed by atoms with E-state index in [0.29, 0.717) is 0 Å². The lowest BCUT2D eigenvalue weighted by Crippen LogP contribution is -2.48. The zero-order valence-electron chi connectivity index (χ0n) is 12.6. The third-order valence-corrected chi connectivity index (χ3v) is 5.75. The van der Waals surface area contributed by atoms with Crippen LogP contribution >= 0.6 is 22.7 Å². The first kappa shape index (κ1) is 14.8. The van der Waals surface area contributed by atoms with Gasteiger partial charge in [0.1, 0.15) is 0 Å². The summed E-state index contributed by atoms with van der Waals surface area (Å²) in [7, 11) is 0. The van der Waals surface area contributed by atoms with E-state index in [1.807, 2.05) is 28.6 Å². The maximum absolute atomic E-state index is 12.7. The van der Waals surface area contributed by atoms with Gasteiger partial charge in [0.2, 0.25) is 0 Å². The molecule has 1 amide bonds. The Bertz CT molecular complexity index is 804. The Kier molecular flexibility index (Phi) is 4.11. The lowest BCUT2D eigenvalue weighted by atomic mass is 10.1. The van der Waals surface area contributed by atoms with Gasteiger partial charge in [-0.15, -0.1) is 11.3 Å². The zero-order chi connectivity index (χ0) is 15.6. The summed E-state index contributed by atoms with van der Waals surface area (Å²) in [4.78, 5) is 21.3. The van der Waals surface area contributed by atoms with Gasteiger partial charge in [0.15, 0.2) is 0 Å². The van der Waals surface area contributed by atoms with E-state index in [1.165, 1.54) is 5.56 Å². The van der Waals surface area contributed by atoms with Gasteiger partial charge in [-0.1, -0.05) is 0 Å². The second-order valence-electron chi connectivity index (χ2n) is 5.73. The fraction of sp³-hybridized carbons (Fsp3) is 0.294. The average molecular weight is 343 g/mol. The van der Waals surface area contributed by atoms with Crippen LogP contribution in [0, 0.1) is 0 Å². The number of carbonyl (C=O) groups excluding carboxylic acids is 1. The molecular weight excluding hydrogens is 326 g/mol. The summed E-state index contributed by atoms with van der Waals surface area (Å²) in [6.45, 7) is 4.44. The van der Waals surface area contributed by atoms with Crippen LogP contribution in [0.4, 0.5) is 0 Å². The molecule has 6 heteroatoms. The summed E-state index contributed by atoms with van der Waals surface area (Å²) in [6.07, 6.45) is 0. The number of hydrogen-bond donors (Lipinski definition) is 0. The van der Waals surface area contributed by atoms with Crippen LogP contribution in [0.5, 0.6) is 0 Å². The number of thiophene rings is 1. The Balaban J connectivity index is 1.40. The number of fused-ring (bicyclic) bond motifs is 1. The molecule has 2 aromatic heterocycles. The van der Waals surface area contributed by atoms with Gasteiger partial charge in [0, 0.05) is 38.3 Å². The molecule has 0 N–H and O–H groups in total. The quantitative estimate of drug-likeness (QED) is 0.732. The number of aromatic nitrogens is 1. The van der Waals surface area contributed by atoms with Gasteiger partial charge in [0.05, 0.1) is 15.7 Å². The molecular formula is C17H17N3OS2. The van der Waals surface area contributed by atoms with Crippen LogP contribution in [0.25, 0.3) is 10.2 Å². The molecule has 3 aromatic rings. The lowest BCUT2D eigenvalue weighted by molar-refractivity contribution is 0.0629. The zero-order valence-corrected chi connectivity index (χ0v) is 14.3. The number of piperazine rings is 1. The highest BCUT2D eigenvalue weighted by molar-refractivity contribution is 7.16. The molecule has 0 aliphatic carbocycles. The molecule has 118 valence electrons. The second-order valence-corrected chi connectivity index (χ2v) is 7.40. The number of amides is 1. The van der Waals surface area contributed by atoms with Crippen molar-refractivity contribution in [1.82, 2.24) is 14.8 Å². The summed E-state index contributed by atoms with van der Waals surface area (Å²) < 4.78 is 1.08. The molecule has 4 rings (SSSR count). The molecule has 1 aliphatic rings. The Labute approximate surface area is 143 Å². The second kappa shape index (κ2) is 6.39. The van der Waals surface area contributed by atoms with Crippen LogP contribution < -0.4 is 0 Å². The van der Waals surface area contributed by atoms with Crippen LogP contribution in [-0.4, -0.2) is 46.9 Å². The molecule has 23 heavy (non-hydrogen) atoms. The summed E-state index contributed by atoms with van der Waals surface area (Å²) >= 11 is 3.32. The summed E-state index contributed by atoms with van der Waals surface area (Å²) in [5.74, 6) is 0.135. The van der Waals surface area contributed by atoms with E-state index in [1.54, 1.807) is 22.7 Å². The van der Waals surface area contributed by atoms with E-state index in [0.717, 1.165) is 48.5 Å². The number of thiazole rings is 1. The number of nitrogens with zero attached hydrogens (tertiary/aromatic N) is 3. The molecule has 4 nitrogen and oxygen atoms in total. The molecule has 1 saturated heterocycles. The predicted molar refractivity (Wildman–Crippen MR) is 95.1 cm³/mol. The largest absolute Gasteiger partial charge is 0.336 e. The molecule has 1 aliphatic heterocycles. The van der Waals surface area contributed by atoms with Crippen molar-refractivity contribution in [2.45, 2.75) is 6.54 Å². The highest BCUT2D eigenvalue weighted by Gasteiger charge is 2.22. The minimum Gasteiger partial charge on any atom is -0.336 e. The molecule has 0 bridgehead atoms. The SMILES string of the molecule is O=C(c1ccc2ncsc2c1)N1CCN(Cc2ccsc2)CC1. The van der Waals surface area contributed by atoms with Gasteiger partial charge in [-0.05, 0) is 40.6 Å². The van der Waals surface area contributed by atoms with Crippen molar-refractivity contribution < 1.29 is 4.79 Å². The van der Waals surface area contributed by atoms with E-state index < -0.39 is 0 Å². The standard InChI is InChI=1S/C17H17N3OS2/c21-17(14-1-2-15-16(9-14)23-12-18-15)20-6-4-19(5-7-20)10-13-3-8-22-11-13/h1-3,8-9,11-12H,4-7,10H2. The Hall–Kier alpha value is -1.76. The first-order chi connectivity index (χ1) is 11.3. The third kappa shape index (κ3) is 3.15. The fourth-order valence-electron chi connectivity index (χ4n) is 2.92. The van der Waals surface area contributed by atoms with Gasteiger partial charge in [-0.2, -0.15) is 11.3 Å². The molecule has 0 spiro atoms. The fourth-order valence-corrected chi connectivity index (χ4v) is 4.30. The van der Waals surface area contributed by atoms with Crippen molar-refractivity contribution in [1.29, 1.82) is 0 Å². The molecule has 1 fully saturated rings. The maximum atomic E-state index is 12.7. The first-order valence-corrected chi connectivity index (χ1v) is 9.48. The van der Waals surface area contributed by atoms with Gasteiger partial charge < -0.3 is 4.90 Å². The van der Waals surface area contributed by atoms with Crippen LogP contribution in [-0.2, 0) is 6.54 Å².